The summed E-state index contributed by atoms with van der Waals surface area (Å²) in [5.41, 5.74) is 0.860. The average molecular weight is 424 g/mol. The number of carbonyl (C=O) groups excluding carboxylic acids is 1. The number of ether oxygens (including phenoxy) is 2. The van der Waals surface area contributed by atoms with Crippen LogP contribution in [0.15, 0.2) is 23.2 Å². The van der Waals surface area contributed by atoms with Crippen LogP contribution in [0.1, 0.15) is 33.3 Å². The molecule has 0 saturated carbocycles. The van der Waals surface area contributed by atoms with Crippen molar-refractivity contribution in [1.29, 1.82) is 0 Å². The van der Waals surface area contributed by atoms with E-state index < -0.39 is 11.7 Å². The summed E-state index contributed by atoms with van der Waals surface area (Å²) in [6, 6.07) is 5.23. The maximum atomic E-state index is 14.5. The van der Waals surface area contributed by atoms with Crippen LogP contribution in [0.5, 0.6) is 0 Å². The van der Waals surface area contributed by atoms with Crippen molar-refractivity contribution in [3.05, 3.63) is 29.6 Å². The maximum Gasteiger partial charge on any atom is 0.407 e. The number of nitrogens with one attached hydrogen (secondary N) is 3. The number of anilines is 1. The molecule has 9 heteroatoms. The normalized spacial score (nSPS) is 15.0. The van der Waals surface area contributed by atoms with Gasteiger partial charge in [0, 0.05) is 32.7 Å². The van der Waals surface area contributed by atoms with Gasteiger partial charge in [0.25, 0.3) is 0 Å². The first-order valence-corrected chi connectivity index (χ1v) is 10.4. The lowest BCUT2D eigenvalue weighted by atomic mass is 10.1. The van der Waals surface area contributed by atoms with Crippen LogP contribution >= 0.6 is 0 Å². The SMILES string of the molecule is CCNC(=NCc1ccc(N2CCOCC2)c(F)c1)NCCNC(=O)OC(C)(C)C. The van der Waals surface area contributed by atoms with Crippen LogP contribution in [0.3, 0.4) is 0 Å². The fourth-order valence-electron chi connectivity index (χ4n) is 2.88. The second-order valence-electron chi connectivity index (χ2n) is 7.94. The summed E-state index contributed by atoms with van der Waals surface area (Å²) >= 11 is 0. The molecule has 0 spiro atoms. The molecule has 8 nitrogen and oxygen atoms in total. The van der Waals surface area contributed by atoms with Gasteiger partial charge in [0.1, 0.15) is 11.4 Å². The number of hydrogen-bond donors (Lipinski definition) is 3. The highest BCUT2D eigenvalue weighted by Gasteiger charge is 2.16. The number of hydrogen-bond acceptors (Lipinski definition) is 5. The Morgan fingerprint density at radius 2 is 1.90 bits per heavy atom. The van der Waals surface area contributed by atoms with Gasteiger partial charge in [-0.2, -0.15) is 0 Å². The Morgan fingerprint density at radius 1 is 1.20 bits per heavy atom. The van der Waals surface area contributed by atoms with E-state index in [1.54, 1.807) is 6.07 Å². The standard InChI is InChI=1S/C21H34FN5O3/c1-5-23-19(24-8-9-25-20(28)30-21(2,3)4)26-15-16-6-7-18(17(22)14-16)27-10-12-29-13-11-27/h6-7,14H,5,8-13,15H2,1-4H3,(H,25,28)(H2,23,24,26). The van der Waals surface area contributed by atoms with Crippen LogP contribution in [-0.2, 0) is 16.0 Å². The zero-order chi connectivity index (χ0) is 22.0. The molecule has 1 saturated heterocycles. The van der Waals surface area contributed by atoms with Gasteiger partial charge in [-0.05, 0) is 45.4 Å². The molecule has 2 rings (SSSR count). The van der Waals surface area contributed by atoms with Crippen LogP contribution in [0.25, 0.3) is 0 Å². The van der Waals surface area contributed by atoms with E-state index in [-0.39, 0.29) is 5.82 Å². The average Bonchev–Trinajstić information content (AvgIpc) is 2.68. The van der Waals surface area contributed by atoms with Gasteiger partial charge < -0.3 is 30.3 Å². The molecule has 30 heavy (non-hydrogen) atoms. The van der Waals surface area contributed by atoms with E-state index in [2.05, 4.69) is 20.9 Å². The molecule has 1 aromatic rings. The summed E-state index contributed by atoms with van der Waals surface area (Å²) in [7, 11) is 0. The zero-order valence-corrected chi connectivity index (χ0v) is 18.4. The van der Waals surface area contributed by atoms with Crippen LogP contribution in [0.2, 0.25) is 0 Å². The lowest BCUT2D eigenvalue weighted by molar-refractivity contribution is 0.0529. The lowest BCUT2D eigenvalue weighted by Crippen LogP contribution is -2.42. The van der Waals surface area contributed by atoms with Gasteiger partial charge in [-0.1, -0.05) is 6.07 Å². The van der Waals surface area contributed by atoms with E-state index in [9.17, 15) is 9.18 Å². The third-order valence-electron chi connectivity index (χ3n) is 4.21. The molecule has 0 unspecified atom stereocenters. The van der Waals surface area contributed by atoms with E-state index in [0.717, 1.165) is 5.56 Å². The molecule has 1 aliphatic rings. The molecule has 1 aliphatic heterocycles. The Labute approximate surface area is 178 Å². The van der Waals surface area contributed by atoms with Crippen LogP contribution < -0.4 is 20.9 Å². The van der Waals surface area contributed by atoms with Crippen LogP contribution in [-0.4, -0.2) is 63.6 Å². The predicted molar refractivity (Wildman–Crippen MR) is 116 cm³/mol. The topological polar surface area (TPSA) is 87.2 Å². The van der Waals surface area contributed by atoms with E-state index in [0.29, 0.717) is 64.1 Å². The van der Waals surface area contributed by atoms with E-state index in [4.69, 9.17) is 9.47 Å². The first kappa shape index (κ1) is 23.7. The Morgan fingerprint density at radius 3 is 2.53 bits per heavy atom. The number of rotatable bonds is 7. The van der Waals surface area contributed by atoms with Crippen molar-refractivity contribution in [3.8, 4) is 0 Å². The molecule has 1 heterocycles. The van der Waals surface area contributed by atoms with Gasteiger partial charge in [0.05, 0.1) is 25.4 Å². The van der Waals surface area contributed by atoms with Gasteiger partial charge in [-0.15, -0.1) is 0 Å². The van der Waals surface area contributed by atoms with Crippen molar-refractivity contribution in [2.24, 2.45) is 4.99 Å². The molecule has 0 bridgehead atoms. The Bertz CT molecular complexity index is 715. The number of amides is 1. The Hall–Kier alpha value is -2.55. The number of benzene rings is 1. The number of aliphatic imine (C=N–C) groups is 1. The second-order valence-corrected chi connectivity index (χ2v) is 7.94. The summed E-state index contributed by atoms with van der Waals surface area (Å²) in [6.45, 7) is 11.9. The summed E-state index contributed by atoms with van der Waals surface area (Å²) in [4.78, 5) is 18.1. The molecule has 0 aromatic heterocycles. The van der Waals surface area contributed by atoms with Crippen molar-refractivity contribution >= 4 is 17.7 Å². The molecule has 0 atom stereocenters. The van der Waals surface area contributed by atoms with Crippen LogP contribution in [0.4, 0.5) is 14.9 Å². The smallest absolute Gasteiger partial charge is 0.407 e. The summed E-state index contributed by atoms with van der Waals surface area (Å²) < 4.78 is 25.0. The summed E-state index contributed by atoms with van der Waals surface area (Å²) in [5, 5.41) is 8.96. The molecule has 0 radical (unpaired) electrons. The third kappa shape index (κ3) is 8.44. The first-order chi connectivity index (χ1) is 14.3. The molecule has 1 aromatic carbocycles. The molecular weight excluding hydrogens is 389 g/mol. The highest BCUT2D eigenvalue weighted by Crippen LogP contribution is 2.22. The minimum atomic E-state index is -0.527. The van der Waals surface area contributed by atoms with Crippen molar-refractivity contribution in [2.45, 2.75) is 39.8 Å². The van der Waals surface area contributed by atoms with Gasteiger partial charge in [0.15, 0.2) is 5.96 Å². The monoisotopic (exact) mass is 423 g/mol. The molecular formula is C21H34FN5O3. The van der Waals surface area contributed by atoms with Gasteiger partial charge in [-0.3, -0.25) is 0 Å². The van der Waals surface area contributed by atoms with Gasteiger partial charge in [-0.25, -0.2) is 14.2 Å². The molecule has 0 aliphatic carbocycles. The predicted octanol–water partition coefficient (Wildman–Crippen LogP) is 2.24. The lowest BCUT2D eigenvalue weighted by Gasteiger charge is -2.29. The first-order valence-electron chi connectivity index (χ1n) is 10.4. The van der Waals surface area contributed by atoms with Crippen molar-refractivity contribution < 1.29 is 18.7 Å². The highest BCUT2D eigenvalue weighted by atomic mass is 19.1. The summed E-state index contributed by atoms with van der Waals surface area (Å²) in [6.07, 6.45) is -0.456. The van der Waals surface area contributed by atoms with E-state index in [1.807, 2.05) is 38.7 Å². The number of morpholine rings is 1. The molecule has 1 fully saturated rings. The molecule has 1 amide bonds. The largest absolute Gasteiger partial charge is 0.444 e. The summed E-state index contributed by atoms with van der Waals surface area (Å²) in [5.74, 6) is 0.352. The fourth-order valence-corrected chi connectivity index (χ4v) is 2.88. The highest BCUT2D eigenvalue weighted by molar-refractivity contribution is 5.79. The Balaban J connectivity index is 1.84. The maximum absolute atomic E-state index is 14.5. The third-order valence-corrected chi connectivity index (χ3v) is 4.21. The number of guanidine groups is 1. The van der Waals surface area contributed by atoms with E-state index in [1.165, 1.54) is 6.07 Å². The second kappa shape index (κ2) is 11.6. The quantitative estimate of drug-likeness (QED) is 0.354. The van der Waals surface area contributed by atoms with Gasteiger partial charge >= 0.3 is 6.09 Å². The number of carbonyl (C=O) groups is 1. The zero-order valence-electron chi connectivity index (χ0n) is 18.4. The fraction of sp³-hybridized carbons (Fsp3) is 0.619. The minimum absolute atomic E-state index is 0.246. The minimum Gasteiger partial charge on any atom is -0.444 e. The number of nitrogens with zero attached hydrogens (tertiary/aromatic N) is 2. The van der Waals surface area contributed by atoms with Gasteiger partial charge in [0.2, 0.25) is 0 Å². The molecule has 3 N–H and O–H groups in total. The molecule has 168 valence electrons. The Kier molecular flexibility index (Phi) is 9.16. The van der Waals surface area contributed by atoms with E-state index >= 15 is 0 Å². The van der Waals surface area contributed by atoms with Crippen molar-refractivity contribution in [2.75, 3.05) is 50.8 Å². The van der Waals surface area contributed by atoms with Crippen LogP contribution in [0, 0.1) is 5.82 Å². The number of alkyl carbamates (subject to hydrolysis) is 1. The van der Waals surface area contributed by atoms with Crippen molar-refractivity contribution in [1.82, 2.24) is 16.0 Å². The number of halogens is 1. The van der Waals surface area contributed by atoms with Crippen molar-refractivity contribution in [3.63, 3.8) is 0 Å².